The minimum absolute atomic E-state index is 0.0458. The summed E-state index contributed by atoms with van der Waals surface area (Å²) >= 11 is 0. The van der Waals surface area contributed by atoms with Gasteiger partial charge in [0, 0.05) is 5.41 Å². The summed E-state index contributed by atoms with van der Waals surface area (Å²) in [7, 11) is 0. The van der Waals surface area contributed by atoms with Gasteiger partial charge in [0.25, 0.3) is 0 Å². The molecule has 28 atom stereocenters. The lowest BCUT2D eigenvalue weighted by atomic mass is 9.38. The van der Waals surface area contributed by atoms with Crippen molar-refractivity contribution in [1.82, 2.24) is 0 Å². The molecule has 28 unspecified atom stereocenters. The minimum Gasteiger partial charge on any atom is -0.432 e. The summed E-state index contributed by atoms with van der Waals surface area (Å²) in [6, 6.07) is 0. The van der Waals surface area contributed by atoms with E-state index in [1.165, 1.54) is 12.5 Å². The molecule has 0 aromatic carbocycles. The summed E-state index contributed by atoms with van der Waals surface area (Å²) < 4.78 is 34.3. The molecule has 19 heteroatoms. The Morgan fingerprint density at radius 3 is 2.08 bits per heavy atom. The van der Waals surface area contributed by atoms with Gasteiger partial charge in [-0.15, -0.1) is 0 Å². The van der Waals surface area contributed by atoms with Crippen LogP contribution in [0.4, 0.5) is 0 Å². The zero-order chi connectivity index (χ0) is 48.1. The molecule has 3 heterocycles. The van der Waals surface area contributed by atoms with E-state index in [1.54, 1.807) is 0 Å². The Morgan fingerprint density at radius 1 is 0.742 bits per heavy atom. The molecular weight excluding hydrogens is 868 g/mol. The number of rotatable bonds is 9. The number of hydrogen-bond donors (Lipinski definition) is 12. The van der Waals surface area contributed by atoms with Gasteiger partial charge >= 0.3 is 5.97 Å². The molecule has 4 saturated carbocycles. The molecule has 8 aliphatic rings. The number of carbonyl (C=O) groups is 1. The highest BCUT2D eigenvalue weighted by Gasteiger charge is 2.66. The average Bonchev–Trinajstić information content (AvgIpc) is 3.29. The first-order valence-electron chi connectivity index (χ1n) is 24.2. The van der Waals surface area contributed by atoms with E-state index in [4.69, 9.17) is 28.4 Å². The summed E-state index contributed by atoms with van der Waals surface area (Å²) in [5.41, 5.74) is 0.0866. The fourth-order valence-corrected chi connectivity index (χ4v) is 14.7. The summed E-state index contributed by atoms with van der Waals surface area (Å²) in [6.07, 6.45) is -18.6. The van der Waals surface area contributed by atoms with Crippen molar-refractivity contribution in [2.45, 2.75) is 191 Å². The molecule has 0 radical (unpaired) electrons. The number of aliphatic hydroxyl groups excluding tert-OH is 12. The van der Waals surface area contributed by atoms with Crippen LogP contribution in [-0.2, 0) is 33.2 Å². The second kappa shape index (κ2) is 18.9. The van der Waals surface area contributed by atoms with Crippen LogP contribution in [-0.4, -0.2) is 191 Å². The van der Waals surface area contributed by atoms with Gasteiger partial charge in [-0.1, -0.05) is 46.3 Å². The van der Waals surface area contributed by atoms with Gasteiger partial charge in [-0.3, -0.25) is 4.79 Å². The molecule has 0 aromatic heterocycles. The number of aliphatic hydroxyl groups is 12. The minimum atomic E-state index is -1.85. The Balaban J connectivity index is 0.933. The van der Waals surface area contributed by atoms with Crippen LogP contribution in [0.2, 0.25) is 0 Å². The quantitative estimate of drug-likeness (QED) is 0.0918. The predicted octanol–water partition coefficient (Wildman–Crippen LogP) is -1.57. The van der Waals surface area contributed by atoms with Gasteiger partial charge in [-0.05, 0) is 104 Å². The molecule has 12 N–H and O–H groups in total. The normalized spacial score (nSPS) is 56.2. The van der Waals surface area contributed by atoms with E-state index in [-0.39, 0.29) is 52.9 Å². The lowest BCUT2D eigenvalue weighted by molar-refractivity contribution is -0.361. The lowest BCUT2D eigenvalue weighted by Gasteiger charge is -2.67. The second-order valence-corrected chi connectivity index (χ2v) is 22.2. The Hall–Kier alpha value is -1.47. The molecule has 5 aliphatic carbocycles. The van der Waals surface area contributed by atoms with Crippen molar-refractivity contribution in [2.75, 3.05) is 19.8 Å². The van der Waals surface area contributed by atoms with Gasteiger partial charge in [0.2, 0.25) is 6.29 Å². The van der Waals surface area contributed by atoms with Crippen LogP contribution in [0.3, 0.4) is 0 Å². The van der Waals surface area contributed by atoms with Crippen molar-refractivity contribution in [1.29, 1.82) is 0 Å². The molecule has 3 saturated heterocycles. The van der Waals surface area contributed by atoms with E-state index in [9.17, 15) is 66.1 Å². The molecule has 3 aliphatic heterocycles. The summed E-state index contributed by atoms with van der Waals surface area (Å²) in [5.74, 6) is -0.222. The maximum Gasteiger partial charge on any atom is 0.311 e. The van der Waals surface area contributed by atoms with Crippen molar-refractivity contribution in [2.24, 2.45) is 63.6 Å². The number of allylic oxidation sites excluding steroid dienone is 2. The van der Waals surface area contributed by atoms with Crippen LogP contribution in [0.15, 0.2) is 11.6 Å². The summed E-state index contributed by atoms with van der Waals surface area (Å²) in [5, 5.41) is 129. The van der Waals surface area contributed by atoms with E-state index in [1.807, 2.05) is 6.92 Å². The number of carbonyl (C=O) groups excluding carboxylic acids is 1. The van der Waals surface area contributed by atoms with Crippen molar-refractivity contribution in [3.63, 3.8) is 0 Å². The first kappa shape index (κ1) is 50.9. The highest BCUT2D eigenvalue weighted by atomic mass is 16.8. The van der Waals surface area contributed by atoms with Gasteiger partial charge in [0.05, 0.1) is 44.1 Å². The smallest absolute Gasteiger partial charge is 0.311 e. The third-order valence-corrected chi connectivity index (χ3v) is 18.8. The van der Waals surface area contributed by atoms with Crippen molar-refractivity contribution < 1.29 is 94.5 Å². The highest BCUT2D eigenvalue weighted by Crippen LogP contribution is 2.70. The van der Waals surface area contributed by atoms with Crippen LogP contribution in [0.25, 0.3) is 0 Å². The van der Waals surface area contributed by atoms with Gasteiger partial charge in [0.1, 0.15) is 67.1 Å². The van der Waals surface area contributed by atoms with E-state index < -0.39 is 135 Å². The maximum atomic E-state index is 14.4. The Bertz CT molecular complexity index is 1750. The fourth-order valence-electron chi connectivity index (χ4n) is 14.7. The van der Waals surface area contributed by atoms with Crippen LogP contribution >= 0.6 is 0 Å². The summed E-state index contributed by atoms with van der Waals surface area (Å²) in [4.78, 5) is 14.4. The third-order valence-electron chi connectivity index (χ3n) is 18.8. The Kier molecular flexibility index (Phi) is 14.6. The topological polar surface area (TPSA) is 315 Å². The SMILES string of the molecule is CC1CC(C(=O)OC2OC(COC3OC(CO)C(OC4OC(C)C(O)C(O)C4O)C(O)C3O)C(O)C(O)C2O)C2CCC3(C)C(=CCC4C3CCC3C(C)(CO)C(O)C(O)CC43C)C2C1C. The van der Waals surface area contributed by atoms with Crippen molar-refractivity contribution in [3.8, 4) is 0 Å². The van der Waals surface area contributed by atoms with E-state index in [2.05, 4.69) is 33.8 Å². The fraction of sp³-hybridized carbons (Fsp3) is 0.936. The lowest BCUT2D eigenvalue weighted by Crippen LogP contribution is -2.65. The molecule has 0 spiro atoms. The van der Waals surface area contributed by atoms with Crippen LogP contribution < -0.4 is 0 Å². The Morgan fingerprint density at radius 2 is 1.39 bits per heavy atom. The molecule has 7 fully saturated rings. The van der Waals surface area contributed by atoms with Crippen LogP contribution in [0.1, 0.15) is 86.5 Å². The standard InChI is InChI=1S/C47H76O19/c1-18-13-22(21-11-12-45(4)23-9-10-29-46(5,14-26(50)40(59)47(29,6)17-49)24(23)7-8-25(45)30(21)19(18)2)41(60)66-44-37(57)34(54)32(52)28(64-44)16-61-42-38(58)35(55)39(27(15-48)63-42)65-43-36(56)33(53)31(51)20(3)62-43/h8,18-24,26-40,42-44,48-59H,7,9-17H2,1-6H3. The van der Waals surface area contributed by atoms with Crippen LogP contribution in [0, 0.1) is 63.6 Å². The maximum absolute atomic E-state index is 14.4. The van der Waals surface area contributed by atoms with Gasteiger partial charge < -0.3 is 89.7 Å². The molecule has 0 amide bonds. The van der Waals surface area contributed by atoms with E-state index >= 15 is 0 Å². The van der Waals surface area contributed by atoms with E-state index in [0.29, 0.717) is 18.8 Å². The monoisotopic (exact) mass is 944 g/mol. The van der Waals surface area contributed by atoms with Gasteiger partial charge in [-0.25, -0.2) is 0 Å². The molecule has 8 rings (SSSR count). The number of fused-ring (bicyclic) bond motifs is 7. The number of hydrogen-bond acceptors (Lipinski definition) is 19. The second-order valence-electron chi connectivity index (χ2n) is 22.2. The molecule has 0 bridgehead atoms. The molecule has 19 nitrogen and oxygen atoms in total. The first-order chi connectivity index (χ1) is 31.0. The zero-order valence-electron chi connectivity index (χ0n) is 38.8. The number of ether oxygens (including phenoxy) is 6. The highest BCUT2D eigenvalue weighted by molar-refractivity contribution is 5.73. The predicted molar refractivity (Wildman–Crippen MR) is 227 cm³/mol. The average molecular weight is 945 g/mol. The molecule has 0 aromatic rings. The zero-order valence-corrected chi connectivity index (χ0v) is 38.8. The molecule has 378 valence electrons. The third kappa shape index (κ3) is 8.24. The van der Waals surface area contributed by atoms with E-state index in [0.717, 1.165) is 32.1 Å². The van der Waals surface area contributed by atoms with Gasteiger partial charge in [-0.2, -0.15) is 0 Å². The largest absolute Gasteiger partial charge is 0.432 e. The van der Waals surface area contributed by atoms with Gasteiger partial charge in [0.15, 0.2) is 12.6 Å². The summed E-state index contributed by atoms with van der Waals surface area (Å²) in [6.45, 7) is 10.7. The number of esters is 1. The molecular formula is C47H76O19. The Labute approximate surface area is 385 Å². The first-order valence-corrected chi connectivity index (χ1v) is 24.2. The molecule has 66 heavy (non-hydrogen) atoms. The van der Waals surface area contributed by atoms with Crippen molar-refractivity contribution >= 4 is 5.97 Å². The van der Waals surface area contributed by atoms with Crippen molar-refractivity contribution in [3.05, 3.63) is 11.6 Å². The van der Waals surface area contributed by atoms with Crippen LogP contribution in [0.5, 0.6) is 0 Å².